The number of hydrogen-bond acceptors (Lipinski definition) is 6. The van der Waals surface area contributed by atoms with E-state index < -0.39 is 12.1 Å². The van der Waals surface area contributed by atoms with Crippen LogP contribution in [-0.4, -0.2) is 61.3 Å². The van der Waals surface area contributed by atoms with E-state index >= 15 is 0 Å². The average Bonchev–Trinajstić information content (AvgIpc) is 2.99. The van der Waals surface area contributed by atoms with E-state index in [1.807, 2.05) is 36.0 Å². The Kier molecular flexibility index (Phi) is 13.0. The average molecular weight is 569 g/mol. The molecule has 1 heterocycles. The van der Waals surface area contributed by atoms with Crippen molar-refractivity contribution in [3.05, 3.63) is 54.1 Å². The summed E-state index contributed by atoms with van der Waals surface area (Å²) in [5.74, 6) is 0.954. The van der Waals surface area contributed by atoms with Gasteiger partial charge in [-0.1, -0.05) is 62.8 Å². The van der Waals surface area contributed by atoms with Gasteiger partial charge in [-0.05, 0) is 62.4 Å². The Labute approximate surface area is 245 Å². The van der Waals surface area contributed by atoms with Crippen molar-refractivity contribution in [2.75, 3.05) is 37.0 Å². The van der Waals surface area contributed by atoms with Crippen LogP contribution >= 0.6 is 11.8 Å². The smallest absolute Gasteiger partial charge is 0.333 e. The summed E-state index contributed by atoms with van der Waals surface area (Å²) < 4.78 is 11.1. The number of nitrogens with one attached hydrogen (secondary N) is 1. The van der Waals surface area contributed by atoms with Crippen LogP contribution in [0.3, 0.4) is 0 Å². The zero-order valence-electron chi connectivity index (χ0n) is 24.2. The molecule has 2 aromatic rings. The van der Waals surface area contributed by atoms with Gasteiger partial charge in [0.2, 0.25) is 0 Å². The second-order valence-corrected chi connectivity index (χ2v) is 12.3. The predicted molar refractivity (Wildman–Crippen MR) is 165 cm³/mol. The lowest BCUT2D eigenvalue weighted by molar-refractivity contribution is -0.149. The third-order valence-corrected chi connectivity index (χ3v) is 9.17. The highest BCUT2D eigenvalue weighted by Gasteiger charge is 2.20. The molecule has 2 fully saturated rings. The molecule has 40 heavy (non-hydrogen) atoms. The van der Waals surface area contributed by atoms with E-state index in [-0.39, 0.29) is 0 Å². The first kappa shape index (κ1) is 30.7. The zero-order valence-corrected chi connectivity index (χ0v) is 25.0. The molecular formula is C33H48N2O4S. The van der Waals surface area contributed by atoms with Gasteiger partial charge in [0.05, 0.1) is 12.2 Å². The largest absolute Gasteiger partial charge is 0.492 e. The first-order valence-electron chi connectivity index (χ1n) is 15.4. The summed E-state index contributed by atoms with van der Waals surface area (Å²) >= 11 is 1.90. The highest BCUT2D eigenvalue weighted by Crippen LogP contribution is 2.34. The number of nitrogens with zero attached hydrogens (tertiary/aromatic N) is 1. The summed E-state index contributed by atoms with van der Waals surface area (Å²) in [6.45, 7) is 4.65. The van der Waals surface area contributed by atoms with Crippen LogP contribution in [0.1, 0.15) is 76.7 Å². The number of hydrogen-bond donors (Lipinski definition) is 2. The van der Waals surface area contributed by atoms with E-state index in [1.54, 1.807) is 6.92 Å². The fraction of sp³-hybridized carbons (Fsp3) is 0.606. The maximum absolute atomic E-state index is 11.2. The van der Waals surface area contributed by atoms with Crippen LogP contribution in [0.25, 0.3) is 0 Å². The van der Waals surface area contributed by atoms with E-state index in [2.05, 4.69) is 34.5 Å². The molecule has 6 nitrogen and oxygen atoms in total. The molecule has 2 aromatic carbocycles. The quantitative estimate of drug-likeness (QED) is 0.304. The summed E-state index contributed by atoms with van der Waals surface area (Å²) in [6.07, 6.45) is 14.1. The van der Waals surface area contributed by atoms with Crippen molar-refractivity contribution < 1.29 is 19.4 Å². The van der Waals surface area contributed by atoms with Crippen molar-refractivity contribution in [2.45, 2.75) is 101 Å². The normalized spacial score (nSPS) is 18.8. The summed E-state index contributed by atoms with van der Waals surface area (Å²) in [5.41, 5.74) is 2.20. The van der Waals surface area contributed by atoms with Gasteiger partial charge in [0, 0.05) is 42.3 Å². The third kappa shape index (κ3) is 10.0. The van der Waals surface area contributed by atoms with E-state index in [0.29, 0.717) is 19.6 Å². The van der Waals surface area contributed by atoms with Crippen LogP contribution in [-0.2, 0) is 16.0 Å². The van der Waals surface area contributed by atoms with Crippen molar-refractivity contribution in [1.82, 2.24) is 5.32 Å². The summed E-state index contributed by atoms with van der Waals surface area (Å²) in [7, 11) is 0. The number of rotatable bonds is 11. The number of benzene rings is 2. The zero-order chi connectivity index (χ0) is 28.0. The molecule has 0 bridgehead atoms. The Morgan fingerprint density at radius 1 is 0.975 bits per heavy atom. The summed E-state index contributed by atoms with van der Waals surface area (Å²) in [5, 5.41) is 13.0. The summed E-state index contributed by atoms with van der Waals surface area (Å²) in [4.78, 5) is 14.9. The van der Waals surface area contributed by atoms with Gasteiger partial charge in [-0.3, -0.25) is 0 Å². The highest BCUT2D eigenvalue weighted by atomic mass is 32.2. The number of carbonyl (C=O) groups is 1. The van der Waals surface area contributed by atoms with E-state index in [1.165, 1.54) is 74.8 Å². The number of fused-ring (bicyclic) bond motifs is 1. The maximum Gasteiger partial charge on any atom is 0.333 e. The molecule has 1 aliphatic heterocycles. The number of ether oxygens (including phenoxy) is 2. The van der Waals surface area contributed by atoms with Crippen molar-refractivity contribution >= 4 is 23.4 Å². The molecule has 3 aliphatic rings. The second-order valence-electron chi connectivity index (χ2n) is 11.1. The molecule has 2 N–H and O–H groups in total. The van der Waals surface area contributed by atoms with Gasteiger partial charge in [-0.15, -0.1) is 11.8 Å². The van der Waals surface area contributed by atoms with Gasteiger partial charge in [0.1, 0.15) is 12.4 Å². The van der Waals surface area contributed by atoms with Crippen LogP contribution < -0.4 is 15.0 Å². The van der Waals surface area contributed by atoms with Crippen molar-refractivity contribution in [3.8, 4) is 5.75 Å². The number of carboxylic acids is 1. The Hall–Kier alpha value is -2.22. The number of carboxylic acid groups (broad SMARTS) is 1. The van der Waals surface area contributed by atoms with Crippen molar-refractivity contribution in [2.24, 2.45) is 0 Å². The molecule has 0 amide bonds. The van der Waals surface area contributed by atoms with Crippen LogP contribution in [0.15, 0.2) is 53.4 Å². The monoisotopic (exact) mass is 568 g/mol. The predicted octanol–water partition coefficient (Wildman–Crippen LogP) is 6.95. The molecule has 2 aliphatic carbocycles. The lowest BCUT2D eigenvalue weighted by Crippen LogP contribution is -2.40. The first-order valence-corrected chi connectivity index (χ1v) is 16.4. The molecule has 0 aromatic heterocycles. The van der Waals surface area contributed by atoms with Gasteiger partial charge < -0.3 is 24.8 Å². The Morgan fingerprint density at radius 2 is 1.62 bits per heavy atom. The minimum absolute atomic E-state index is 0.353. The number of thioether (sulfide) groups is 1. The molecule has 7 heteroatoms. The minimum Gasteiger partial charge on any atom is -0.492 e. The molecule has 0 unspecified atom stereocenters. The molecule has 220 valence electrons. The summed E-state index contributed by atoms with van der Waals surface area (Å²) in [6, 6.07) is 17.8. The topological polar surface area (TPSA) is 71.0 Å². The van der Waals surface area contributed by atoms with Crippen LogP contribution in [0.4, 0.5) is 5.69 Å². The first-order chi connectivity index (χ1) is 19.6. The molecule has 0 spiro atoms. The van der Waals surface area contributed by atoms with E-state index in [0.717, 1.165) is 42.2 Å². The third-order valence-electron chi connectivity index (χ3n) is 8.12. The van der Waals surface area contributed by atoms with Gasteiger partial charge in [0.25, 0.3) is 0 Å². The fourth-order valence-corrected chi connectivity index (χ4v) is 7.01. The van der Waals surface area contributed by atoms with Crippen LogP contribution in [0, 0.1) is 0 Å². The lowest BCUT2D eigenvalue weighted by Gasteiger charge is -2.30. The van der Waals surface area contributed by atoms with Crippen molar-refractivity contribution in [3.63, 3.8) is 0 Å². The standard InChI is InChI=1S/C21H25NO4S.C12H23N/c1-2-25-19(21(23)24)15-16-7-9-17(10-8-16)26-13-11-22-12-14-27-20-6-4-3-5-18(20)22;1-3-7-11(8-4-1)13-12-9-5-2-6-10-12/h3-10,19H,2,11-15H2,1H3,(H,23,24);11-13H,1-10H2/t19-;/m0./s1. The Morgan fingerprint density at radius 3 is 2.25 bits per heavy atom. The lowest BCUT2D eigenvalue weighted by atomic mass is 9.91. The molecule has 1 atom stereocenters. The minimum atomic E-state index is -0.933. The number of anilines is 1. The Bertz CT molecular complexity index is 990. The number of aliphatic carboxylic acids is 1. The van der Waals surface area contributed by atoms with E-state index in [4.69, 9.17) is 9.47 Å². The van der Waals surface area contributed by atoms with E-state index in [9.17, 15) is 9.90 Å². The molecular weight excluding hydrogens is 520 g/mol. The van der Waals surface area contributed by atoms with Gasteiger partial charge in [-0.25, -0.2) is 4.79 Å². The highest BCUT2D eigenvalue weighted by molar-refractivity contribution is 7.99. The van der Waals surface area contributed by atoms with Gasteiger partial charge >= 0.3 is 5.97 Å². The van der Waals surface area contributed by atoms with Crippen LogP contribution in [0.2, 0.25) is 0 Å². The number of para-hydroxylation sites is 1. The second kappa shape index (κ2) is 16.9. The van der Waals surface area contributed by atoms with Crippen LogP contribution in [0.5, 0.6) is 5.75 Å². The molecule has 2 saturated carbocycles. The van der Waals surface area contributed by atoms with Gasteiger partial charge in [-0.2, -0.15) is 0 Å². The fourth-order valence-electron chi connectivity index (χ4n) is 5.96. The Balaban J connectivity index is 0.000000236. The maximum atomic E-state index is 11.2. The SMILES string of the molecule is C1CCC(NC2CCCCC2)CC1.CCO[C@@H](Cc1ccc(OCCN2CCSc3ccccc32)cc1)C(=O)O. The van der Waals surface area contributed by atoms with Crippen molar-refractivity contribution in [1.29, 1.82) is 0 Å². The molecule has 5 rings (SSSR count). The molecule has 0 saturated heterocycles. The van der Waals surface area contributed by atoms with Gasteiger partial charge in [0.15, 0.2) is 6.10 Å². The molecule has 0 radical (unpaired) electrons.